The molecule has 0 fully saturated rings. The smallest absolute Gasteiger partial charge is 0.416 e. The van der Waals surface area contributed by atoms with Crippen molar-refractivity contribution < 1.29 is 37.4 Å². The number of carbonyl (C=O) groups is 2. The molecule has 0 saturated carbocycles. The number of aromatic nitrogens is 1. The third-order valence-electron chi connectivity index (χ3n) is 4.42. The summed E-state index contributed by atoms with van der Waals surface area (Å²) in [5, 5.41) is 17.7. The largest absolute Gasteiger partial charge is 0.481 e. The van der Waals surface area contributed by atoms with Crippen LogP contribution in [0.3, 0.4) is 0 Å². The normalized spacial score (nSPS) is 11.8. The first kappa shape index (κ1) is 22.9. The van der Waals surface area contributed by atoms with Crippen molar-refractivity contribution in [2.45, 2.75) is 44.7 Å². The lowest BCUT2D eigenvalue weighted by atomic mass is 9.92. The zero-order valence-electron chi connectivity index (χ0n) is 15.2. The third-order valence-corrected chi connectivity index (χ3v) is 4.95. The van der Waals surface area contributed by atoms with Gasteiger partial charge in [0.2, 0.25) is 0 Å². The maximum Gasteiger partial charge on any atom is 0.416 e. The van der Waals surface area contributed by atoms with Crippen molar-refractivity contribution in [3.63, 3.8) is 0 Å². The van der Waals surface area contributed by atoms with Crippen molar-refractivity contribution >= 4 is 27.9 Å². The highest BCUT2D eigenvalue weighted by Gasteiger charge is 2.30. The second-order valence-corrected chi connectivity index (χ2v) is 7.29. The van der Waals surface area contributed by atoms with Crippen LogP contribution in [0.5, 0.6) is 0 Å². The van der Waals surface area contributed by atoms with E-state index in [4.69, 9.17) is 14.6 Å². The van der Waals surface area contributed by atoms with E-state index >= 15 is 0 Å². The minimum Gasteiger partial charge on any atom is -0.481 e. The summed E-state index contributed by atoms with van der Waals surface area (Å²) in [6.07, 6.45) is -3.02. The maximum atomic E-state index is 12.7. The van der Waals surface area contributed by atoms with E-state index in [-0.39, 0.29) is 23.4 Å². The van der Waals surface area contributed by atoms with E-state index in [9.17, 15) is 22.8 Å². The molecule has 2 aromatic rings. The van der Waals surface area contributed by atoms with E-state index in [0.717, 1.165) is 12.1 Å². The van der Waals surface area contributed by atoms with Crippen LogP contribution in [-0.2, 0) is 22.2 Å². The fourth-order valence-corrected chi connectivity index (χ4v) is 3.37. The van der Waals surface area contributed by atoms with Crippen LogP contribution in [0.2, 0.25) is 0 Å². The molecule has 2 rings (SSSR count). The zero-order chi connectivity index (χ0) is 21.6. The number of aliphatic carboxylic acids is 2. The molecule has 0 aliphatic rings. The number of benzene rings is 1. The van der Waals surface area contributed by atoms with E-state index in [1.807, 2.05) is 0 Å². The predicted molar refractivity (Wildman–Crippen MR) is 100 cm³/mol. The molecule has 0 saturated heterocycles. The summed E-state index contributed by atoms with van der Waals surface area (Å²) in [4.78, 5) is 25.9. The molecule has 0 aliphatic heterocycles. The number of hydrogen-bond acceptors (Lipinski definition) is 4. The zero-order valence-corrected chi connectivity index (χ0v) is 16.8. The Kier molecular flexibility index (Phi) is 7.83. The first-order valence-corrected chi connectivity index (χ1v) is 9.62. The Labute approximate surface area is 172 Å². The van der Waals surface area contributed by atoms with Crippen LogP contribution in [0.25, 0.3) is 11.3 Å². The topological polar surface area (TPSA) is 101 Å². The second-order valence-electron chi connectivity index (χ2n) is 6.57. The van der Waals surface area contributed by atoms with Gasteiger partial charge in [0.15, 0.2) is 10.6 Å². The molecule has 1 heterocycles. The van der Waals surface area contributed by atoms with Crippen LogP contribution < -0.4 is 0 Å². The Balaban J connectivity index is 2.06. The van der Waals surface area contributed by atoms with Gasteiger partial charge in [0.25, 0.3) is 0 Å². The predicted octanol–water partition coefficient (Wildman–Crippen LogP) is 5.40. The Bertz CT molecular complexity index is 831. The van der Waals surface area contributed by atoms with E-state index in [1.165, 1.54) is 12.1 Å². The average Bonchev–Trinajstić information content (AvgIpc) is 3.00. The van der Waals surface area contributed by atoms with E-state index in [1.54, 1.807) is 0 Å². The van der Waals surface area contributed by atoms with Crippen molar-refractivity contribution in [1.82, 2.24) is 4.98 Å². The number of rotatable bonds is 10. The standard InChI is InChI=1S/C19H19BrF3NO5/c20-18-17(12-4-6-13(7-5-12)19(21,22)23)24-14(29-18)8-1-11(2-9-15(25)26)3-10-16(27)28/h4-7,11H,1-3,8-10H2,(H,25,26)(H,27,28). The van der Waals surface area contributed by atoms with Gasteiger partial charge in [-0.15, -0.1) is 0 Å². The molecular weight excluding hydrogens is 459 g/mol. The molecule has 0 atom stereocenters. The van der Waals surface area contributed by atoms with Crippen LogP contribution in [0.15, 0.2) is 33.4 Å². The first-order chi connectivity index (χ1) is 13.6. The fraction of sp³-hybridized carbons (Fsp3) is 0.421. The maximum absolute atomic E-state index is 12.7. The van der Waals surface area contributed by atoms with Gasteiger partial charge >= 0.3 is 18.1 Å². The number of halogens is 4. The minimum atomic E-state index is -4.42. The summed E-state index contributed by atoms with van der Waals surface area (Å²) in [6, 6.07) is 4.53. The SMILES string of the molecule is O=C(O)CCC(CCC(=O)O)CCc1nc(-c2ccc(C(F)(F)F)cc2)c(Br)o1. The molecule has 0 unspecified atom stereocenters. The quantitative estimate of drug-likeness (QED) is 0.474. The Morgan fingerprint density at radius 1 is 1.03 bits per heavy atom. The lowest BCUT2D eigenvalue weighted by Gasteiger charge is -2.13. The van der Waals surface area contributed by atoms with Gasteiger partial charge in [0, 0.05) is 24.8 Å². The molecule has 2 N–H and O–H groups in total. The summed E-state index contributed by atoms with van der Waals surface area (Å²) in [7, 11) is 0. The third kappa shape index (κ3) is 7.19. The molecule has 158 valence electrons. The highest BCUT2D eigenvalue weighted by Crippen LogP contribution is 2.33. The van der Waals surface area contributed by atoms with Gasteiger partial charge in [-0.25, -0.2) is 4.98 Å². The minimum absolute atomic E-state index is 0.0592. The van der Waals surface area contributed by atoms with Gasteiger partial charge in [-0.1, -0.05) is 12.1 Å². The monoisotopic (exact) mass is 477 g/mol. The van der Waals surface area contributed by atoms with Gasteiger partial charge < -0.3 is 14.6 Å². The number of carboxylic acids is 2. The van der Waals surface area contributed by atoms with Crippen molar-refractivity contribution in [3.05, 3.63) is 40.4 Å². The summed E-state index contributed by atoms with van der Waals surface area (Å²) in [5.74, 6) is -1.69. The van der Waals surface area contributed by atoms with Crippen LogP contribution in [-0.4, -0.2) is 27.1 Å². The average molecular weight is 478 g/mol. The fourth-order valence-electron chi connectivity index (χ4n) is 2.86. The van der Waals surface area contributed by atoms with Crippen molar-refractivity contribution in [2.24, 2.45) is 5.92 Å². The van der Waals surface area contributed by atoms with E-state index < -0.39 is 23.7 Å². The molecule has 0 spiro atoms. The number of alkyl halides is 3. The number of hydrogen-bond donors (Lipinski definition) is 2. The van der Waals surface area contributed by atoms with Gasteiger partial charge in [-0.2, -0.15) is 13.2 Å². The number of aryl methyl sites for hydroxylation is 1. The molecule has 1 aromatic carbocycles. The lowest BCUT2D eigenvalue weighted by Crippen LogP contribution is -2.09. The second kappa shape index (κ2) is 9.91. The highest BCUT2D eigenvalue weighted by atomic mass is 79.9. The van der Waals surface area contributed by atoms with Crippen LogP contribution in [0.1, 0.15) is 43.6 Å². The van der Waals surface area contributed by atoms with E-state index in [0.29, 0.717) is 42.8 Å². The molecule has 1 aromatic heterocycles. The molecule has 6 nitrogen and oxygen atoms in total. The van der Waals surface area contributed by atoms with Crippen molar-refractivity contribution in [2.75, 3.05) is 0 Å². The molecule has 0 amide bonds. The van der Waals surface area contributed by atoms with Gasteiger partial charge in [0.1, 0.15) is 5.69 Å². The molecule has 0 radical (unpaired) electrons. The molecular formula is C19H19BrF3NO5. The van der Waals surface area contributed by atoms with Gasteiger partial charge in [0.05, 0.1) is 5.56 Å². The Hall–Kier alpha value is -2.36. The van der Waals surface area contributed by atoms with Crippen LogP contribution >= 0.6 is 15.9 Å². The molecule has 0 aliphatic carbocycles. The van der Waals surface area contributed by atoms with Crippen molar-refractivity contribution in [3.8, 4) is 11.3 Å². The summed E-state index contributed by atoms with van der Waals surface area (Å²) in [6.45, 7) is 0. The van der Waals surface area contributed by atoms with Gasteiger partial charge in [-0.3, -0.25) is 9.59 Å². The Morgan fingerprint density at radius 3 is 2.07 bits per heavy atom. The number of nitrogens with zero attached hydrogens (tertiary/aromatic N) is 1. The first-order valence-electron chi connectivity index (χ1n) is 8.82. The number of carboxylic acid groups (broad SMARTS) is 2. The molecule has 29 heavy (non-hydrogen) atoms. The Morgan fingerprint density at radius 2 is 1.59 bits per heavy atom. The summed E-state index contributed by atoms with van der Waals surface area (Å²) >= 11 is 3.21. The molecule has 0 bridgehead atoms. The summed E-state index contributed by atoms with van der Waals surface area (Å²) in [5.41, 5.74) is 0.0512. The van der Waals surface area contributed by atoms with Crippen molar-refractivity contribution in [1.29, 1.82) is 0 Å². The van der Waals surface area contributed by atoms with Crippen LogP contribution in [0.4, 0.5) is 13.2 Å². The molecule has 10 heteroatoms. The summed E-state index contributed by atoms with van der Waals surface area (Å²) < 4.78 is 43.9. The lowest BCUT2D eigenvalue weighted by molar-refractivity contribution is -0.138. The van der Waals surface area contributed by atoms with E-state index in [2.05, 4.69) is 20.9 Å². The van der Waals surface area contributed by atoms with Gasteiger partial charge in [-0.05, 0) is 53.2 Å². The van der Waals surface area contributed by atoms with Crippen LogP contribution in [0, 0.1) is 5.92 Å². The highest BCUT2D eigenvalue weighted by molar-refractivity contribution is 9.10. The number of oxazole rings is 1.